The number of benzene rings is 1. The third-order valence-corrected chi connectivity index (χ3v) is 4.20. The van der Waals surface area contributed by atoms with Crippen molar-refractivity contribution in [1.29, 1.82) is 0 Å². The van der Waals surface area contributed by atoms with Crippen molar-refractivity contribution in [2.75, 3.05) is 25.0 Å². The van der Waals surface area contributed by atoms with Crippen LogP contribution in [0, 0.1) is 13.8 Å². The zero-order valence-corrected chi connectivity index (χ0v) is 11.9. The summed E-state index contributed by atoms with van der Waals surface area (Å²) in [7, 11) is 1.74. The lowest BCUT2D eigenvalue weighted by atomic mass is 9.87. The van der Waals surface area contributed by atoms with E-state index in [0.717, 1.165) is 13.1 Å². The van der Waals surface area contributed by atoms with Crippen LogP contribution in [-0.4, -0.2) is 36.8 Å². The van der Waals surface area contributed by atoms with Crippen molar-refractivity contribution >= 4 is 11.7 Å². The maximum absolute atomic E-state index is 11.4. The number of nitrogens with one attached hydrogen (secondary N) is 1. The van der Waals surface area contributed by atoms with Crippen molar-refractivity contribution in [2.45, 2.75) is 32.2 Å². The fraction of sp³-hybridized carbons (Fsp3) is 0.533. The van der Waals surface area contributed by atoms with Crippen LogP contribution in [0.3, 0.4) is 0 Å². The van der Waals surface area contributed by atoms with E-state index in [-0.39, 0.29) is 0 Å². The van der Waals surface area contributed by atoms with Gasteiger partial charge in [-0.15, -0.1) is 0 Å². The molecular weight excluding hydrogens is 240 g/mol. The molecule has 0 aromatic heterocycles. The van der Waals surface area contributed by atoms with Gasteiger partial charge in [0.05, 0.1) is 0 Å². The minimum absolute atomic E-state index is 0.631. The van der Waals surface area contributed by atoms with Gasteiger partial charge in [0.2, 0.25) is 0 Å². The Kier molecular flexibility index (Phi) is 3.80. The number of carbonyl (C=O) groups is 1. The second-order valence-electron chi connectivity index (χ2n) is 5.41. The highest BCUT2D eigenvalue weighted by Gasteiger charge is 2.40. The van der Waals surface area contributed by atoms with Gasteiger partial charge in [-0.3, -0.25) is 4.79 Å². The summed E-state index contributed by atoms with van der Waals surface area (Å²) in [6, 6.07) is 6.42. The molecule has 1 aliphatic heterocycles. The molecule has 0 unspecified atom stereocenters. The average Bonchev–Trinajstić information content (AvgIpc) is 2.39. The number of aliphatic carboxylic acids is 1. The first-order valence-corrected chi connectivity index (χ1v) is 6.73. The van der Waals surface area contributed by atoms with Gasteiger partial charge in [0.25, 0.3) is 0 Å². The van der Waals surface area contributed by atoms with Gasteiger partial charge in [-0.1, -0.05) is 17.7 Å². The van der Waals surface area contributed by atoms with Crippen molar-refractivity contribution in [1.82, 2.24) is 5.32 Å². The van der Waals surface area contributed by atoms with Crippen LogP contribution in [0.4, 0.5) is 5.69 Å². The van der Waals surface area contributed by atoms with Gasteiger partial charge < -0.3 is 15.3 Å². The first-order chi connectivity index (χ1) is 8.98. The second kappa shape index (κ2) is 5.21. The number of carboxylic acid groups (broad SMARTS) is 1. The van der Waals surface area contributed by atoms with Crippen molar-refractivity contribution in [3.63, 3.8) is 0 Å². The Labute approximate surface area is 114 Å². The summed E-state index contributed by atoms with van der Waals surface area (Å²) in [6.45, 7) is 5.75. The highest BCUT2D eigenvalue weighted by molar-refractivity contribution is 5.79. The molecule has 0 aliphatic carbocycles. The largest absolute Gasteiger partial charge is 0.480 e. The SMILES string of the molecule is CNC1(C(=O)O)CCN(c2ccc(C)cc2C)CC1. The predicted octanol–water partition coefficient (Wildman–Crippen LogP) is 1.95. The molecular formula is C15H22N2O2. The maximum Gasteiger partial charge on any atom is 0.324 e. The third kappa shape index (κ3) is 2.59. The first kappa shape index (κ1) is 13.9. The first-order valence-electron chi connectivity index (χ1n) is 6.73. The van der Waals surface area contributed by atoms with Crippen LogP contribution in [0.2, 0.25) is 0 Å². The molecule has 1 heterocycles. The molecule has 0 saturated carbocycles. The molecule has 1 aromatic carbocycles. The fourth-order valence-electron chi connectivity index (χ4n) is 2.86. The maximum atomic E-state index is 11.4. The highest BCUT2D eigenvalue weighted by atomic mass is 16.4. The topological polar surface area (TPSA) is 52.6 Å². The molecule has 4 nitrogen and oxygen atoms in total. The number of anilines is 1. The van der Waals surface area contributed by atoms with Gasteiger partial charge in [-0.05, 0) is 45.4 Å². The number of likely N-dealkylation sites (N-methyl/N-ethyl adjacent to an activating group) is 1. The van der Waals surface area contributed by atoms with Crippen molar-refractivity contribution < 1.29 is 9.90 Å². The summed E-state index contributed by atoms with van der Waals surface area (Å²) in [5.74, 6) is -0.740. The Bertz CT molecular complexity index is 477. The summed E-state index contributed by atoms with van der Waals surface area (Å²) in [5, 5.41) is 12.3. The molecule has 104 valence electrons. The Morgan fingerprint density at radius 3 is 2.42 bits per heavy atom. The van der Waals surface area contributed by atoms with E-state index in [4.69, 9.17) is 0 Å². The van der Waals surface area contributed by atoms with Crippen LogP contribution < -0.4 is 10.2 Å². The van der Waals surface area contributed by atoms with E-state index in [1.807, 2.05) is 0 Å². The second-order valence-corrected chi connectivity index (χ2v) is 5.41. The van der Waals surface area contributed by atoms with Gasteiger partial charge in [0, 0.05) is 18.8 Å². The molecule has 0 amide bonds. The Morgan fingerprint density at radius 1 is 1.32 bits per heavy atom. The molecule has 0 atom stereocenters. The van der Waals surface area contributed by atoms with E-state index in [9.17, 15) is 9.90 Å². The molecule has 0 radical (unpaired) electrons. The number of aryl methyl sites for hydroxylation is 2. The molecule has 0 spiro atoms. The molecule has 19 heavy (non-hydrogen) atoms. The molecule has 4 heteroatoms. The monoisotopic (exact) mass is 262 g/mol. The highest BCUT2D eigenvalue weighted by Crippen LogP contribution is 2.28. The minimum Gasteiger partial charge on any atom is -0.480 e. The molecule has 2 rings (SSSR count). The van der Waals surface area contributed by atoms with Gasteiger partial charge in [0.1, 0.15) is 5.54 Å². The number of piperidine rings is 1. The lowest BCUT2D eigenvalue weighted by Crippen LogP contribution is -2.57. The molecule has 1 fully saturated rings. The lowest BCUT2D eigenvalue weighted by Gasteiger charge is -2.40. The lowest BCUT2D eigenvalue weighted by molar-refractivity contribution is -0.145. The van der Waals surface area contributed by atoms with Crippen LogP contribution in [-0.2, 0) is 4.79 Å². The standard InChI is InChI=1S/C15H22N2O2/c1-11-4-5-13(12(2)10-11)17-8-6-15(16-3,7-9-17)14(18)19/h4-5,10,16H,6-9H2,1-3H3,(H,18,19). The number of hydrogen-bond acceptors (Lipinski definition) is 3. The van der Waals surface area contributed by atoms with Crippen LogP contribution in [0.1, 0.15) is 24.0 Å². The van der Waals surface area contributed by atoms with Crippen LogP contribution in [0.25, 0.3) is 0 Å². The van der Waals surface area contributed by atoms with E-state index in [2.05, 4.69) is 42.3 Å². The molecule has 1 aliphatic rings. The zero-order valence-electron chi connectivity index (χ0n) is 11.9. The van der Waals surface area contributed by atoms with E-state index in [0.29, 0.717) is 12.8 Å². The van der Waals surface area contributed by atoms with Gasteiger partial charge >= 0.3 is 5.97 Å². The summed E-state index contributed by atoms with van der Waals surface area (Å²) < 4.78 is 0. The van der Waals surface area contributed by atoms with E-state index in [1.165, 1.54) is 16.8 Å². The number of rotatable bonds is 3. The van der Waals surface area contributed by atoms with Crippen LogP contribution in [0.15, 0.2) is 18.2 Å². The summed E-state index contributed by atoms with van der Waals surface area (Å²) in [5.41, 5.74) is 2.98. The summed E-state index contributed by atoms with van der Waals surface area (Å²) in [4.78, 5) is 13.7. The Balaban J connectivity index is 2.13. The quantitative estimate of drug-likeness (QED) is 0.874. The fourth-order valence-corrected chi connectivity index (χ4v) is 2.86. The van der Waals surface area contributed by atoms with Crippen LogP contribution in [0.5, 0.6) is 0 Å². The van der Waals surface area contributed by atoms with Crippen molar-refractivity contribution in [2.24, 2.45) is 0 Å². The third-order valence-electron chi connectivity index (χ3n) is 4.20. The minimum atomic E-state index is -0.755. The summed E-state index contributed by atoms with van der Waals surface area (Å²) in [6.07, 6.45) is 1.26. The normalized spacial score (nSPS) is 18.4. The number of nitrogens with zero attached hydrogens (tertiary/aromatic N) is 1. The van der Waals surface area contributed by atoms with E-state index >= 15 is 0 Å². The predicted molar refractivity (Wildman–Crippen MR) is 76.8 cm³/mol. The van der Waals surface area contributed by atoms with E-state index < -0.39 is 11.5 Å². The van der Waals surface area contributed by atoms with Gasteiger partial charge in [0.15, 0.2) is 0 Å². The van der Waals surface area contributed by atoms with Gasteiger partial charge in [-0.25, -0.2) is 0 Å². The van der Waals surface area contributed by atoms with Gasteiger partial charge in [-0.2, -0.15) is 0 Å². The summed E-state index contributed by atoms with van der Waals surface area (Å²) >= 11 is 0. The molecule has 2 N–H and O–H groups in total. The number of hydrogen-bond donors (Lipinski definition) is 2. The Hall–Kier alpha value is -1.55. The molecule has 1 aromatic rings. The molecule has 1 saturated heterocycles. The smallest absolute Gasteiger partial charge is 0.324 e. The Morgan fingerprint density at radius 2 is 1.95 bits per heavy atom. The number of carboxylic acids is 1. The zero-order chi connectivity index (χ0) is 14.0. The van der Waals surface area contributed by atoms with Crippen LogP contribution >= 0.6 is 0 Å². The van der Waals surface area contributed by atoms with Crippen molar-refractivity contribution in [3.8, 4) is 0 Å². The molecule has 0 bridgehead atoms. The van der Waals surface area contributed by atoms with Crippen molar-refractivity contribution in [3.05, 3.63) is 29.3 Å². The van der Waals surface area contributed by atoms with E-state index in [1.54, 1.807) is 7.05 Å². The average molecular weight is 262 g/mol.